The number of nitrogens with two attached hydrogens (primary N) is 1. The second-order valence-corrected chi connectivity index (χ2v) is 4.30. The summed E-state index contributed by atoms with van der Waals surface area (Å²) in [6.45, 7) is 8.73. The highest BCUT2D eigenvalue weighted by Gasteiger charge is 2.00. The molecule has 0 aliphatic heterocycles. The lowest BCUT2D eigenvalue weighted by atomic mass is 10.1. The third kappa shape index (κ3) is 9.84. The molecule has 0 heterocycles. The lowest BCUT2D eigenvalue weighted by Crippen LogP contribution is -2.35. The summed E-state index contributed by atoms with van der Waals surface area (Å²) in [5.41, 5.74) is 0. The van der Waals surface area contributed by atoms with Crippen LogP contribution in [0.5, 0.6) is 0 Å². The smallest absolute Gasteiger partial charge is 0.0151 e. The fourth-order valence-electron chi connectivity index (χ4n) is 1.48. The average molecular weight is 186 g/mol. The van der Waals surface area contributed by atoms with E-state index in [0.717, 1.165) is 13.1 Å². The Morgan fingerprint density at radius 3 is 2.23 bits per heavy atom. The van der Waals surface area contributed by atoms with Gasteiger partial charge in [-0.25, -0.2) is 5.01 Å². The van der Waals surface area contributed by atoms with Gasteiger partial charge in [0.1, 0.15) is 0 Å². The molecule has 2 N–H and O–H groups in total. The lowest BCUT2D eigenvalue weighted by molar-refractivity contribution is 0.245. The quantitative estimate of drug-likeness (QED) is 0.359. The molecule has 2 nitrogen and oxygen atoms in total. The van der Waals surface area contributed by atoms with Crippen LogP contribution in [0.1, 0.15) is 52.9 Å². The van der Waals surface area contributed by atoms with Crippen molar-refractivity contribution >= 4 is 0 Å². The Balaban J connectivity index is 3.12. The fourth-order valence-corrected chi connectivity index (χ4v) is 1.48. The minimum atomic E-state index is 0.681. The second kappa shape index (κ2) is 8.52. The van der Waals surface area contributed by atoms with Crippen LogP contribution < -0.4 is 5.84 Å². The van der Waals surface area contributed by atoms with Crippen LogP contribution in [0.3, 0.4) is 0 Å². The maximum Gasteiger partial charge on any atom is 0.0151 e. The summed E-state index contributed by atoms with van der Waals surface area (Å²) in [7, 11) is 0. The number of rotatable bonds is 8. The molecule has 0 saturated carbocycles. The van der Waals surface area contributed by atoms with Gasteiger partial charge in [-0.2, -0.15) is 0 Å². The summed E-state index contributed by atoms with van der Waals surface area (Å²) in [6.07, 6.45) is 6.64. The Bertz CT molecular complexity index is 102. The fraction of sp³-hybridized carbons (Fsp3) is 1.00. The van der Waals surface area contributed by atoms with E-state index in [2.05, 4.69) is 20.8 Å². The van der Waals surface area contributed by atoms with Gasteiger partial charge in [-0.3, -0.25) is 5.84 Å². The number of nitrogens with zero attached hydrogens (tertiary/aromatic N) is 1. The van der Waals surface area contributed by atoms with Crippen LogP contribution in [0.4, 0.5) is 0 Å². The topological polar surface area (TPSA) is 29.3 Å². The van der Waals surface area contributed by atoms with Crippen LogP contribution in [0.2, 0.25) is 0 Å². The van der Waals surface area contributed by atoms with Crippen molar-refractivity contribution < 1.29 is 0 Å². The van der Waals surface area contributed by atoms with Crippen molar-refractivity contribution in [1.29, 1.82) is 0 Å². The van der Waals surface area contributed by atoms with Crippen molar-refractivity contribution in [2.75, 3.05) is 13.1 Å². The number of hydrogen-bond acceptors (Lipinski definition) is 2. The van der Waals surface area contributed by atoms with Crippen molar-refractivity contribution in [1.82, 2.24) is 5.01 Å². The van der Waals surface area contributed by atoms with Crippen LogP contribution in [0, 0.1) is 5.92 Å². The van der Waals surface area contributed by atoms with E-state index in [1.807, 2.05) is 5.01 Å². The van der Waals surface area contributed by atoms with E-state index in [1.54, 1.807) is 0 Å². The van der Waals surface area contributed by atoms with Crippen LogP contribution in [-0.4, -0.2) is 18.1 Å². The van der Waals surface area contributed by atoms with Crippen LogP contribution in [0.15, 0.2) is 0 Å². The first-order chi connectivity index (χ1) is 6.16. The zero-order valence-electron chi connectivity index (χ0n) is 9.55. The van der Waals surface area contributed by atoms with E-state index >= 15 is 0 Å². The van der Waals surface area contributed by atoms with Crippen molar-refractivity contribution in [3.63, 3.8) is 0 Å². The van der Waals surface area contributed by atoms with Crippen molar-refractivity contribution in [2.24, 2.45) is 11.8 Å². The second-order valence-electron chi connectivity index (χ2n) is 4.30. The largest absolute Gasteiger partial charge is 0.269 e. The Morgan fingerprint density at radius 2 is 1.69 bits per heavy atom. The molecule has 0 unspecified atom stereocenters. The summed E-state index contributed by atoms with van der Waals surface area (Å²) in [4.78, 5) is 0. The van der Waals surface area contributed by atoms with Crippen molar-refractivity contribution in [3.05, 3.63) is 0 Å². The first-order valence-electron chi connectivity index (χ1n) is 5.66. The highest BCUT2D eigenvalue weighted by Crippen LogP contribution is 2.03. The molecule has 0 amide bonds. The zero-order chi connectivity index (χ0) is 10.1. The molecule has 80 valence electrons. The lowest BCUT2D eigenvalue weighted by Gasteiger charge is -2.18. The van der Waals surface area contributed by atoms with E-state index in [9.17, 15) is 0 Å². The number of hydrazine groups is 1. The van der Waals surface area contributed by atoms with Gasteiger partial charge in [0.2, 0.25) is 0 Å². The molecule has 0 aromatic rings. The third-order valence-corrected chi connectivity index (χ3v) is 2.15. The van der Waals surface area contributed by atoms with Gasteiger partial charge in [-0.15, -0.1) is 0 Å². The molecule has 0 fully saturated rings. The minimum absolute atomic E-state index is 0.681. The van der Waals surface area contributed by atoms with Gasteiger partial charge in [-0.1, -0.05) is 46.5 Å². The van der Waals surface area contributed by atoms with E-state index < -0.39 is 0 Å². The van der Waals surface area contributed by atoms with Gasteiger partial charge < -0.3 is 0 Å². The summed E-state index contributed by atoms with van der Waals surface area (Å²) in [5.74, 6) is 6.50. The molecule has 13 heavy (non-hydrogen) atoms. The molecular weight excluding hydrogens is 160 g/mol. The van der Waals surface area contributed by atoms with Gasteiger partial charge in [-0.05, 0) is 12.3 Å². The molecule has 0 aromatic heterocycles. The minimum Gasteiger partial charge on any atom is -0.269 e. The monoisotopic (exact) mass is 186 g/mol. The highest BCUT2D eigenvalue weighted by molar-refractivity contribution is 4.53. The van der Waals surface area contributed by atoms with Gasteiger partial charge in [0.15, 0.2) is 0 Å². The summed E-state index contributed by atoms with van der Waals surface area (Å²) in [6, 6.07) is 0. The van der Waals surface area contributed by atoms with Gasteiger partial charge in [0.25, 0.3) is 0 Å². The summed E-state index contributed by atoms with van der Waals surface area (Å²) >= 11 is 0. The molecular formula is C11H26N2. The Labute approximate surface area is 83.5 Å². The molecule has 0 aliphatic rings. The molecule has 0 spiro atoms. The Morgan fingerprint density at radius 1 is 1.08 bits per heavy atom. The average Bonchev–Trinajstić information content (AvgIpc) is 2.02. The standard InChI is InChI=1S/C11H26N2/c1-4-5-6-7-8-9-13(12)10-11(2)3/h11H,4-10,12H2,1-3H3. The molecule has 2 heteroatoms. The maximum absolute atomic E-state index is 5.82. The zero-order valence-corrected chi connectivity index (χ0v) is 9.55. The Hall–Kier alpha value is -0.0800. The first kappa shape index (κ1) is 12.9. The molecule has 0 atom stereocenters. The predicted molar refractivity (Wildman–Crippen MR) is 59.4 cm³/mol. The molecule has 0 bridgehead atoms. The number of hydrogen-bond donors (Lipinski definition) is 1. The normalized spacial score (nSPS) is 11.5. The van der Waals surface area contributed by atoms with E-state index in [4.69, 9.17) is 5.84 Å². The summed E-state index contributed by atoms with van der Waals surface area (Å²) in [5, 5.41) is 1.95. The SMILES string of the molecule is CCCCCCCN(N)CC(C)C. The van der Waals surface area contributed by atoms with E-state index in [0.29, 0.717) is 5.92 Å². The first-order valence-corrected chi connectivity index (χ1v) is 5.66. The van der Waals surface area contributed by atoms with Gasteiger partial charge >= 0.3 is 0 Å². The van der Waals surface area contributed by atoms with E-state index in [-0.39, 0.29) is 0 Å². The van der Waals surface area contributed by atoms with Gasteiger partial charge in [0.05, 0.1) is 0 Å². The molecule has 0 rings (SSSR count). The van der Waals surface area contributed by atoms with Crippen LogP contribution in [0.25, 0.3) is 0 Å². The van der Waals surface area contributed by atoms with Crippen molar-refractivity contribution in [3.8, 4) is 0 Å². The van der Waals surface area contributed by atoms with Gasteiger partial charge in [0, 0.05) is 13.1 Å². The molecule has 0 radical (unpaired) electrons. The Kier molecular flexibility index (Phi) is 8.46. The molecule has 0 saturated heterocycles. The van der Waals surface area contributed by atoms with E-state index in [1.165, 1.54) is 32.1 Å². The third-order valence-electron chi connectivity index (χ3n) is 2.15. The molecule has 0 aliphatic carbocycles. The number of unbranched alkanes of at least 4 members (excludes halogenated alkanes) is 4. The summed E-state index contributed by atoms with van der Waals surface area (Å²) < 4.78 is 0. The van der Waals surface area contributed by atoms with Crippen LogP contribution in [-0.2, 0) is 0 Å². The van der Waals surface area contributed by atoms with Crippen molar-refractivity contribution in [2.45, 2.75) is 52.9 Å². The maximum atomic E-state index is 5.82. The highest BCUT2D eigenvalue weighted by atomic mass is 15.4. The molecule has 0 aromatic carbocycles. The predicted octanol–water partition coefficient (Wildman–Crippen LogP) is 2.79. The van der Waals surface area contributed by atoms with Crippen LogP contribution >= 0.6 is 0 Å².